The van der Waals surface area contributed by atoms with Gasteiger partial charge < -0.3 is 121 Å². The van der Waals surface area contributed by atoms with E-state index in [0.29, 0.717) is 38.5 Å². The topological polar surface area (TPSA) is 664 Å². The van der Waals surface area contributed by atoms with E-state index < -0.39 is 268 Å². The standard InChI is InChI=1S/C82H109ClN22O21S3/c1-43(2)28-56-75(120)95-55(18-20-69(112)113)74(119)100-60(33-70(114)115)79(124)102-63-39-129-27-23-68(111)105-41-103(40-104(42-105)67(110)22-26-128-38-62(92-44(3)106)80(125)96-54(17-19-64(84)107)73(118)98-59(78(123)97-56)32-47-35-90-52-15-7-5-13-50(47)52)66(109)21-25-127-37-61(71(85)116)101-76(121)57(30-45-10-8-11-48(83)29-45)93-65(108)36-91-72(117)53(16-9-24-88-82(86)87)94-77(122)58(99-81(63)126)31-46-34-89-51-14-6-4-12-49(46)51/h4-8,10-15,29,34-35,43,53-63,89-90H,9,16-28,30-33,36-42H2,1-3H3,(H2,84,107)(H2,85,116)(H,91,117)(H,92,106)(H,93,108)(H,94,122)(H,95,120)(H,96,125)(H,97,123)(H,98,118)(H,99,126)(H,100,119)(H,101,121)(H,102,124)(H,112,113)(H,114,115)(H4,86,87,88)/t53-,54-,55-,56-,57-,58-,59-,60-,61-,62-,63-/m0/s1. The molecule has 2 aromatic heterocycles. The zero-order valence-corrected chi connectivity index (χ0v) is 74.2. The fourth-order valence-electron chi connectivity index (χ4n) is 14.1. The van der Waals surface area contributed by atoms with Crippen molar-refractivity contribution >= 4 is 187 Å². The van der Waals surface area contributed by atoms with E-state index >= 15 is 19.2 Å². The van der Waals surface area contributed by atoms with Gasteiger partial charge in [-0.15, -0.1) is 0 Å². The Morgan fingerprint density at radius 3 is 1.50 bits per heavy atom. The molecule has 11 atom stereocenters. The third kappa shape index (κ3) is 32.8. The molecule has 0 spiro atoms. The van der Waals surface area contributed by atoms with Gasteiger partial charge in [0.1, 0.15) is 66.5 Å². The quantitative estimate of drug-likeness (QED) is 0.0186. The summed E-state index contributed by atoms with van der Waals surface area (Å²) in [5.74, 6) is -22.4. The molecule has 3 aliphatic rings. The Morgan fingerprint density at radius 2 is 0.977 bits per heavy atom. The van der Waals surface area contributed by atoms with E-state index in [4.69, 9.17) is 34.2 Å². The predicted octanol–water partition coefficient (Wildman–Crippen LogP) is -3.03. The molecule has 0 saturated carbocycles. The SMILES string of the molecule is CC(=O)N[C@H]1CSCCC(=O)N2CN3CN(C2)C(=O)CCSC[C@H](NC(=O)[C@H](CC(=O)O)NC(=O)[C@H](CCC(=O)O)NC(=O)[C@H](CC(C)C)NC(=O)[C@H](Cc2c[nH]c4ccccc24)NC(=O)[C@H](CCC(N)=O)NC1=O)C(=O)N[C@@H](Cc1c[nH]c2ccccc12)C(=O)N[C@@H](CCCNC(=N)N)C(=O)NCC(=O)N[C@@H](Cc1cccc(Cl)c1)C(=O)N[C@H](C(N)=O)CSCCC3=O. The smallest absolute Gasteiger partial charge is 0.305 e. The molecule has 3 saturated heterocycles. The summed E-state index contributed by atoms with van der Waals surface area (Å²) in [4.78, 5) is 280. The first-order valence-corrected chi connectivity index (χ1v) is 45.3. The Hall–Kier alpha value is -12.7. The summed E-state index contributed by atoms with van der Waals surface area (Å²) in [7, 11) is 0. The van der Waals surface area contributed by atoms with Crippen LogP contribution in [0.5, 0.6) is 0 Å². The third-order valence-corrected chi connectivity index (χ3v) is 24.2. The highest BCUT2D eigenvalue weighted by molar-refractivity contribution is 7.99. The first kappa shape index (κ1) is 102. The minimum absolute atomic E-state index is 0.00450. The average molecular weight is 1870 g/mol. The number of benzene rings is 3. The van der Waals surface area contributed by atoms with Gasteiger partial charge in [0.2, 0.25) is 100 Å². The number of para-hydroxylation sites is 2. The van der Waals surface area contributed by atoms with Crippen LogP contribution < -0.4 is 86.3 Å². The number of thioether (sulfide) groups is 3. The number of carbonyl (C=O) groups is 19. The Labute approximate surface area is 758 Å². The van der Waals surface area contributed by atoms with Crippen molar-refractivity contribution in [2.45, 2.75) is 177 Å². The van der Waals surface area contributed by atoms with Crippen molar-refractivity contribution in [3.8, 4) is 0 Å². The number of aliphatic carboxylic acids is 2. The molecule has 0 aliphatic carbocycles. The molecular formula is C82H109ClN22O21S3. The molecule has 129 heavy (non-hydrogen) atoms. The number of carboxylic acids is 2. The Balaban J connectivity index is 1.23. The van der Waals surface area contributed by atoms with Crippen LogP contribution in [0, 0.1) is 11.3 Å². The van der Waals surface area contributed by atoms with Crippen molar-refractivity contribution in [1.29, 1.82) is 5.41 Å². The van der Waals surface area contributed by atoms with Crippen LogP contribution in [0.1, 0.15) is 108 Å². The van der Waals surface area contributed by atoms with Crippen molar-refractivity contribution in [1.82, 2.24) is 93.8 Å². The zero-order chi connectivity index (χ0) is 94.1. The van der Waals surface area contributed by atoms with Gasteiger partial charge >= 0.3 is 11.9 Å². The highest BCUT2D eigenvalue weighted by atomic mass is 35.5. The van der Waals surface area contributed by atoms with E-state index in [1.54, 1.807) is 86.8 Å². The maximum atomic E-state index is 15.5. The molecule has 3 aliphatic heterocycles. The summed E-state index contributed by atoms with van der Waals surface area (Å²) in [6.07, 6.45) is -3.33. The van der Waals surface area contributed by atoms with Crippen LogP contribution in [0.25, 0.3) is 21.8 Å². The van der Waals surface area contributed by atoms with Crippen molar-refractivity contribution in [3.63, 3.8) is 0 Å². The van der Waals surface area contributed by atoms with Crippen molar-refractivity contribution < 1.29 is 101 Å². The second-order valence-electron chi connectivity index (χ2n) is 31.4. The number of hydrogen-bond donors (Lipinski definition) is 21. The molecule has 4 bridgehead atoms. The van der Waals surface area contributed by atoms with Gasteiger partial charge in [-0.1, -0.05) is 74.0 Å². The van der Waals surface area contributed by atoms with Gasteiger partial charge in [-0.2, -0.15) is 35.3 Å². The van der Waals surface area contributed by atoms with Crippen LogP contribution in [0.2, 0.25) is 5.02 Å². The Kier molecular flexibility index (Phi) is 39.5. The number of guanidine groups is 1. The van der Waals surface area contributed by atoms with Crippen LogP contribution in [-0.2, 0) is 110 Å². The zero-order valence-electron chi connectivity index (χ0n) is 71.0. The number of fused-ring (bicyclic) bond motifs is 9. The second kappa shape index (κ2) is 50.1. The number of amides is 17. The van der Waals surface area contributed by atoms with Crippen LogP contribution in [0.3, 0.4) is 0 Å². The number of nitrogens with two attached hydrogens (primary N) is 3. The number of nitrogens with one attached hydrogen (secondary N) is 16. The van der Waals surface area contributed by atoms with Crippen LogP contribution in [-0.4, -0.2) is 287 Å². The molecule has 698 valence electrons. The highest BCUT2D eigenvalue weighted by Crippen LogP contribution is 2.25. The largest absolute Gasteiger partial charge is 0.481 e. The normalized spacial score (nSPS) is 23.2. The Morgan fingerprint density at radius 1 is 0.512 bits per heavy atom. The van der Waals surface area contributed by atoms with Gasteiger partial charge in [0.25, 0.3) is 0 Å². The summed E-state index contributed by atoms with van der Waals surface area (Å²) in [5, 5.41) is 62.6. The maximum Gasteiger partial charge on any atom is 0.305 e. The molecule has 5 heterocycles. The van der Waals surface area contributed by atoms with Gasteiger partial charge in [-0.25, -0.2) is 0 Å². The molecule has 3 fully saturated rings. The fourth-order valence-corrected chi connectivity index (χ4v) is 17.2. The van der Waals surface area contributed by atoms with Gasteiger partial charge in [0.15, 0.2) is 5.96 Å². The average Bonchev–Trinajstić information content (AvgIpc) is 1.66. The van der Waals surface area contributed by atoms with E-state index in [-0.39, 0.29) is 85.3 Å². The molecule has 43 nitrogen and oxygen atoms in total. The summed E-state index contributed by atoms with van der Waals surface area (Å²) >= 11 is 9.17. The molecule has 17 amide bonds. The molecule has 24 N–H and O–H groups in total. The second-order valence-corrected chi connectivity index (χ2v) is 35.2. The molecule has 5 aromatic rings. The van der Waals surface area contributed by atoms with E-state index in [0.717, 1.165) is 42.2 Å². The van der Waals surface area contributed by atoms with Crippen molar-refractivity contribution in [2.75, 3.05) is 67.6 Å². The first-order valence-electron chi connectivity index (χ1n) is 41.5. The maximum absolute atomic E-state index is 15.5. The number of aromatic nitrogens is 2. The predicted molar refractivity (Wildman–Crippen MR) is 475 cm³/mol. The fraction of sp³-hybridized carbons (Fsp3) is 0.488. The lowest BCUT2D eigenvalue weighted by Gasteiger charge is -2.42. The van der Waals surface area contributed by atoms with E-state index in [2.05, 4.69) is 79.1 Å². The summed E-state index contributed by atoms with van der Waals surface area (Å²) < 4.78 is 0. The molecule has 0 radical (unpaired) electrons. The van der Waals surface area contributed by atoms with Gasteiger partial charge in [-0.3, -0.25) is 96.5 Å². The first-order chi connectivity index (χ1) is 61.4. The highest BCUT2D eigenvalue weighted by Gasteiger charge is 2.40. The number of halogens is 1. The van der Waals surface area contributed by atoms with Crippen LogP contribution in [0.4, 0.5) is 0 Å². The van der Waals surface area contributed by atoms with Crippen LogP contribution >= 0.6 is 46.9 Å². The van der Waals surface area contributed by atoms with E-state index in [1.807, 2.05) is 0 Å². The van der Waals surface area contributed by atoms with E-state index in [1.165, 1.54) is 27.0 Å². The number of hydrogen-bond acceptors (Lipinski definition) is 23. The van der Waals surface area contributed by atoms with Gasteiger partial charge in [0.05, 0.1) is 33.0 Å². The number of nitrogens with zero attached hydrogens (tertiary/aromatic N) is 3. The number of primary amides is 2. The van der Waals surface area contributed by atoms with Gasteiger partial charge in [0, 0.05) is 139 Å². The minimum atomic E-state index is -2.22. The molecule has 0 unspecified atom stereocenters. The number of rotatable bonds is 22. The summed E-state index contributed by atoms with van der Waals surface area (Å²) in [6, 6.07) is 1.05. The Bertz CT molecular complexity index is 4960. The summed E-state index contributed by atoms with van der Waals surface area (Å²) in [6.45, 7) is 2.26. The number of carboxylic acid groups (broad SMARTS) is 2. The van der Waals surface area contributed by atoms with Crippen molar-refractivity contribution in [2.24, 2.45) is 23.1 Å². The minimum Gasteiger partial charge on any atom is -0.481 e. The lowest BCUT2D eigenvalue weighted by molar-refractivity contribution is -0.158. The van der Waals surface area contributed by atoms with Crippen LogP contribution in [0.15, 0.2) is 85.2 Å². The molecular weight excluding hydrogens is 1760 g/mol. The lowest BCUT2D eigenvalue weighted by Crippen LogP contribution is -2.61. The molecule has 8 rings (SSSR count). The molecule has 3 aromatic carbocycles. The van der Waals surface area contributed by atoms with Gasteiger partial charge in [-0.05, 0) is 79.0 Å². The molecule has 47 heteroatoms. The number of H-pyrrole nitrogens is 2. The lowest BCUT2D eigenvalue weighted by atomic mass is 9.99. The number of aromatic amines is 2. The van der Waals surface area contributed by atoms with E-state index in [9.17, 15) is 82.1 Å². The monoisotopic (exact) mass is 1870 g/mol. The number of carbonyl (C=O) groups excluding carboxylic acids is 17. The third-order valence-electron chi connectivity index (χ3n) is 20.7. The summed E-state index contributed by atoms with van der Waals surface area (Å²) in [5.41, 5.74) is 19.5. The van der Waals surface area contributed by atoms with Crippen molar-refractivity contribution in [3.05, 3.63) is 107 Å².